The van der Waals surface area contributed by atoms with Crippen LogP contribution in [0.3, 0.4) is 0 Å². The Morgan fingerprint density at radius 2 is 1.59 bits per heavy atom. The molecule has 3 heterocycles. The highest BCUT2D eigenvalue weighted by Crippen LogP contribution is 2.36. The molecule has 0 saturated carbocycles. The number of fused-ring (bicyclic) bond motifs is 3. The number of hydrogen-bond donors (Lipinski definition) is 0. The van der Waals surface area contributed by atoms with Crippen LogP contribution in [0.1, 0.15) is 44.4 Å². The summed E-state index contributed by atoms with van der Waals surface area (Å²) in [4.78, 5) is 6.99. The molecule has 1 aliphatic heterocycles. The number of nitrogens with zero attached hydrogens (tertiary/aromatic N) is 5. The van der Waals surface area contributed by atoms with E-state index in [9.17, 15) is 0 Å². The SMILES string of the molecule is CCN(CC)c1ccc(C2CC(C=Cc3ccc4c(c3)c3ccccc3n4CC)=NN2c2ccccn2)cc1. The van der Waals surface area contributed by atoms with Crippen molar-refractivity contribution in [2.45, 2.75) is 39.8 Å². The van der Waals surface area contributed by atoms with Gasteiger partial charge in [-0.25, -0.2) is 9.99 Å². The molecule has 5 nitrogen and oxygen atoms in total. The molecular weight excluding hydrogens is 478 g/mol. The second-order valence-corrected chi connectivity index (χ2v) is 9.98. The standard InChI is InChI=1S/C34H35N5/c1-4-37(5-2)28-19-16-26(17-20-28)33-24-27(36-39(33)34-13-9-10-22-35-34)18-14-25-15-21-32-30(23-25)29-11-7-8-12-31(29)38(32)6-3/h7-23,33H,4-6,24H2,1-3H3. The highest BCUT2D eigenvalue weighted by atomic mass is 15.5. The van der Waals surface area contributed by atoms with Gasteiger partial charge in [0.1, 0.15) is 5.82 Å². The number of pyridine rings is 1. The van der Waals surface area contributed by atoms with Crippen molar-refractivity contribution in [2.24, 2.45) is 5.10 Å². The summed E-state index contributed by atoms with van der Waals surface area (Å²) in [6.45, 7) is 9.56. The molecule has 0 spiro atoms. The molecule has 0 saturated heterocycles. The molecular formula is C34H35N5. The van der Waals surface area contributed by atoms with Crippen molar-refractivity contribution in [1.29, 1.82) is 0 Å². The van der Waals surface area contributed by atoms with E-state index in [1.165, 1.54) is 38.6 Å². The number of hydrogen-bond acceptors (Lipinski definition) is 4. The van der Waals surface area contributed by atoms with Gasteiger partial charge in [-0.2, -0.15) is 5.10 Å². The third-order valence-corrected chi connectivity index (χ3v) is 7.81. The molecule has 0 amide bonds. The molecule has 39 heavy (non-hydrogen) atoms. The smallest absolute Gasteiger partial charge is 0.149 e. The van der Waals surface area contributed by atoms with Crippen LogP contribution in [-0.4, -0.2) is 28.4 Å². The zero-order valence-electron chi connectivity index (χ0n) is 23.0. The molecule has 0 aliphatic carbocycles. The van der Waals surface area contributed by atoms with Gasteiger partial charge in [-0.15, -0.1) is 0 Å². The van der Waals surface area contributed by atoms with E-state index in [0.29, 0.717) is 0 Å². The molecule has 0 radical (unpaired) electrons. The zero-order valence-corrected chi connectivity index (χ0v) is 23.0. The topological polar surface area (TPSA) is 36.7 Å². The fourth-order valence-corrected chi connectivity index (χ4v) is 5.80. The molecule has 196 valence electrons. The van der Waals surface area contributed by atoms with Gasteiger partial charge in [0.15, 0.2) is 0 Å². The highest BCUT2D eigenvalue weighted by molar-refractivity contribution is 6.09. The maximum Gasteiger partial charge on any atom is 0.149 e. The molecule has 0 fully saturated rings. The summed E-state index contributed by atoms with van der Waals surface area (Å²) >= 11 is 0. The predicted molar refractivity (Wildman–Crippen MR) is 166 cm³/mol. The third kappa shape index (κ3) is 4.69. The summed E-state index contributed by atoms with van der Waals surface area (Å²) in [6.07, 6.45) is 7.02. The monoisotopic (exact) mass is 513 g/mol. The number of allylic oxidation sites excluding steroid dienone is 1. The molecule has 0 bridgehead atoms. The maximum absolute atomic E-state index is 5.04. The van der Waals surface area contributed by atoms with E-state index in [2.05, 4.69) is 119 Å². The van der Waals surface area contributed by atoms with Crippen LogP contribution in [0.4, 0.5) is 11.5 Å². The number of hydrazone groups is 1. The van der Waals surface area contributed by atoms with Crippen molar-refractivity contribution >= 4 is 45.1 Å². The van der Waals surface area contributed by atoms with Gasteiger partial charge in [-0.05, 0) is 80.4 Å². The van der Waals surface area contributed by atoms with E-state index in [4.69, 9.17) is 5.10 Å². The molecule has 1 unspecified atom stereocenters. The van der Waals surface area contributed by atoms with E-state index in [1.54, 1.807) is 0 Å². The Morgan fingerprint density at radius 3 is 2.33 bits per heavy atom. The Hall–Kier alpha value is -4.38. The lowest BCUT2D eigenvalue weighted by Gasteiger charge is -2.25. The first kappa shape index (κ1) is 24.9. The summed E-state index contributed by atoms with van der Waals surface area (Å²) in [5, 5.41) is 9.71. The Labute approximate surface area is 230 Å². The molecule has 1 aliphatic rings. The van der Waals surface area contributed by atoms with Crippen LogP contribution in [0.5, 0.6) is 0 Å². The number of anilines is 2. The van der Waals surface area contributed by atoms with Gasteiger partial charge in [-0.3, -0.25) is 0 Å². The number of benzene rings is 3. The minimum atomic E-state index is 0.107. The average molecular weight is 514 g/mol. The van der Waals surface area contributed by atoms with Gasteiger partial charge >= 0.3 is 0 Å². The van der Waals surface area contributed by atoms with Crippen LogP contribution in [0.25, 0.3) is 27.9 Å². The molecule has 5 aromatic rings. The second kappa shape index (κ2) is 10.8. The van der Waals surface area contributed by atoms with Gasteiger partial charge in [0, 0.05) is 59.7 Å². The minimum absolute atomic E-state index is 0.107. The summed E-state index contributed by atoms with van der Waals surface area (Å²) in [5.74, 6) is 0.868. The number of aromatic nitrogens is 2. The quantitative estimate of drug-likeness (QED) is 0.210. The lowest BCUT2D eigenvalue weighted by molar-refractivity contribution is 0.698. The van der Waals surface area contributed by atoms with E-state index >= 15 is 0 Å². The largest absolute Gasteiger partial charge is 0.372 e. The first-order valence-corrected chi connectivity index (χ1v) is 14.0. The first-order chi connectivity index (χ1) is 19.2. The van der Waals surface area contributed by atoms with Gasteiger partial charge in [0.2, 0.25) is 0 Å². The summed E-state index contributed by atoms with van der Waals surface area (Å²) in [5.41, 5.74) is 7.31. The molecule has 0 N–H and O–H groups in total. The minimum Gasteiger partial charge on any atom is -0.372 e. The van der Waals surface area contributed by atoms with Gasteiger partial charge in [0.25, 0.3) is 0 Å². The Kier molecular flexibility index (Phi) is 6.89. The van der Waals surface area contributed by atoms with Crippen LogP contribution in [0.15, 0.2) is 102 Å². The Morgan fingerprint density at radius 1 is 0.821 bits per heavy atom. The van der Waals surface area contributed by atoms with Gasteiger partial charge < -0.3 is 9.47 Å². The van der Waals surface area contributed by atoms with E-state index in [0.717, 1.165) is 37.6 Å². The number of aryl methyl sites for hydroxylation is 1. The number of rotatable bonds is 8. The normalized spacial score (nSPS) is 15.5. The third-order valence-electron chi connectivity index (χ3n) is 7.81. The summed E-state index contributed by atoms with van der Waals surface area (Å²) < 4.78 is 2.39. The Balaban J connectivity index is 1.31. The van der Waals surface area contributed by atoms with Crippen molar-refractivity contribution in [3.63, 3.8) is 0 Å². The summed E-state index contributed by atoms with van der Waals surface area (Å²) in [7, 11) is 0. The first-order valence-electron chi connectivity index (χ1n) is 14.0. The second-order valence-electron chi connectivity index (χ2n) is 9.98. The van der Waals surface area contributed by atoms with Crippen LogP contribution in [0.2, 0.25) is 0 Å². The van der Waals surface area contributed by atoms with Crippen molar-refractivity contribution in [3.8, 4) is 0 Å². The van der Waals surface area contributed by atoms with E-state index in [-0.39, 0.29) is 6.04 Å². The lowest BCUT2D eigenvalue weighted by Crippen LogP contribution is -2.22. The van der Waals surface area contributed by atoms with Crippen molar-refractivity contribution in [1.82, 2.24) is 9.55 Å². The van der Waals surface area contributed by atoms with Gasteiger partial charge in [-0.1, -0.05) is 48.5 Å². The van der Waals surface area contributed by atoms with Crippen LogP contribution in [0, 0.1) is 0 Å². The summed E-state index contributed by atoms with van der Waals surface area (Å²) in [6, 6.07) is 30.5. The maximum atomic E-state index is 5.04. The fraction of sp³-hybridized carbons (Fsp3) is 0.235. The lowest BCUT2D eigenvalue weighted by atomic mass is 10.0. The van der Waals surface area contributed by atoms with Crippen molar-refractivity contribution < 1.29 is 0 Å². The number of para-hydroxylation sites is 1. The molecule has 1 atom stereocenters. The molecule has 3 aromatic carbocycles. The Bertz CT molecular complexity index is 1640. The van der Waals surface area contributed by atoms with E-state index in [1.807, 2.05) is 24.4 Å². The molecule has 5 heteroatoms. The highest BCUT2D eigenvalue weighted by Gasteiger charge is 2.29. The predicted octanol–water partition coefficient (Wildman–Crippen LogP) is 8.08. The van der Waals surface area contributed by atoms with Crippen molar-refractivity contribution in [2.75, 3.05) is 23.0 Å². The fourth-order valence-electron chi connectivity index (χ4n) is 5.80. The molecule has 2 aromatic heterocycles. The zero-order chi connectivity index (χ0) is 26.8. The van der Waals surface area contributed by atoms with Crippen LogP contribution >= 0.6 is 0 Å². The van der Waals surface area contributed by atoms with Crippen molar-refractivity contribution in [3.05, 3.63) is 108 Å². The van der Waals surface area contributed by atoms with Crippen LogP contribution in [-0.2, 0) is 6.54 Å². The molecule has 6 rings (SSSR count). The average Bonchev–Trinajstić information content (AvgIpc) is 3.56. The van der Waals surface area contributed by atoms with Crippen LogP contribution < -0.4 is 9.91 Å². The van der Waals surface area contributed by atoms with E-state index < -0.39 is 0 Å². The van der Waals surface area contributed by atoms with Gasteiger partial charge in [0.05, 0.1) is 11.8 Å².